The molecule has 2 aromatic rings. The Labute approximate surface area is 150 Å². The first kappa shape index (κ1) is 26.4. The Morgan fingerprint density at radius 1 is 0.571 bits per heavy atom. The van der Waals surface area contributed by atoms with E-state index in [1.54, 1.807) is 0 Å². The van der Waals surface area contributed by atoms with Crippen LogP contribution < -0.4 is 9.13 Å². The third kappa shape index (κ3) is 16.6. The molecule has 0 aliphatic heterocycles. The first-order valence-corrected chi connectivity index (χ1v) is 10.7. The normalized spacial score (nSPS) is 17.0. The maximum absolute atomic E-state index is 10.7. The molecular formula is C10H16F12N4P2. The number of hydrogen-bond acceptors (Lipinski definition) is 0. The van der Waals surface area contributed by atoms with E-state index in [0.29, 0.717) is 0 Å². The van der Waals surface area contributed by atoms with Gasteiger partial charge in [-0.05, 0) is 0 Å². The van der Waals surface area contributed by atoms with Crippen LogP contribution in [0.25, 0.3) is 11.6 Å². The van der Waals surface area contributed by atoms with Crippen molar-refractivity contribution < 1.29 is 59.5 Å². The van der Waals surface area contributed by atoms with E-state index in [-0.39, 0.29) is 0 Å². The van der Waals surface area contributed by atoms with Crippen molar-refractivity contribution in [1.29, 1.82) is 0 Å². The minimum absolute atomic E-state index is 1.19. The van der Waals surface area contributed by atoms with Gasteiger partial charge in [-0.2, -0.15) is 0 Å². The molecule has 18 heteroatoms. The summed E-state index contributed by atoms with van der Waals surface area (Å²) in [7, 11) is -13.1. The molecule has 2 heterocycles. The number of hydrogen-bond donors (Lipinski definition) is 0. The summed E-state index contributed by atoms with van der Waals surface area (Å²) in [5.41, 5.74) is 0. The van der Waals surface area contributed by atoms with Crippen LogP contribution in [0, 0.1) is 0 Å². The molecule has 4 nitrogen and oxygen atoms in total. The molecule has 0 N–H and O–H groups in total. The van der Waals surface area contributed by atoms with Gasteiger partial charge in [0.1, 0.15) is 24.8 Å². The Hall–Kier alpha value is -1.56. The van der Waals surface area contributed by atoms with E-state index in [1.807, 2.05) is 0 Å². The molecule has 0 bridgehead atoms. The fraction of sp³-hybridized carbons (Fsp3) is 0.400. The number of imidazole rings is 2. The molecule has 0 atom stereocenters. The van der Waals surface area contributed by atoms with Crippen molar-refractivity contribution >= 4 is 15.6 Å². The molecule has 0 aliphatic rings. The standard InChI is InChI=1S/C10H16N4.2F6P/c1-11-5-6-12(2)9(11)10-13(3)7-8-14(10)4;2*1-7(2,3,4,5)6/h5-8H,1-4H3;;/q+2;2*-1. The average molecular weight is 482 g/mol. The summed E-state index contributed by atoms with van der Waals surface area (Å²) in [6.07, 6.45) is 8.23. The molecule has 0 aliphatic carbocycles. The molecule has 0 spiro atoms. The van der Waals surface area contributed by atoms with Gasteiger partial charge in [0.15, 0.2) is 0 Å². The first-order valence-electron chi connectivity index (χ1n) is 6.66. The van der Waals surface area contributed by atoms with Gasteiger partial charge in [0, 0.05) is 0 Å². The molecule has 0 saturated heterocycles. The summed E-state index contributed by atoms with van der Waals surface area (Å²) in [5.74, 6) is 2.39. The number of aryl methyl sites for hydroxylation is 4. The predicted octanol–water partition coefficient (Wildman–Crippen LogP) is 6.44. The van der Waals surface area contributed by atoms with Gasteiger partial charge in [0.25, 0.3) is 0 Å². The molecule has 0 amide bonds. The Bertz CT molecular complexity index is 709. The Kier molecular flexibility index (Phi) is 5.64. The van der Waals surface area contributed by atoms with Gasteiger partial charge in [-0.3, -0.25) is 0 Å². The second-order valence-electron chi connectivity index (χ2n) is 5.60. The summed E-state index contributed by atoms with van der Waals surface area (Å²) in [5, 5.41) is 0. The molecule has 0 radical (unpaired) electrons. The van der Waals surface area contributed by atoms with Crippen LogP contribution >= 0.6 is 15.6 Å². The van der Waals surface area contributed by atoms with Crippen LogP contribution in [-0.4, -0.2) is 9.13 Å². The Balaban J connectivity index is 0.000000444. The third-order valence-corrected chi connectivity index (χ3v) is 2.56. The van der Waals surface area contributed by atoms with E-state index < -0.39 is 15.6 Å². The van der Waals surface area contributed by atoms with Crippen LogP contribution in [0.1, 0.15) is 0 Å². The first-order chi connectivity index (χ1) is 11.5. The second kappa shape index (κ2) is 5.97. The summed E-state index contributed by atoms with van der Waals surface area (Å²) in [6.45, 7) is 0. The quantitative estimate of drug-likeness (QED) is 0.253. The maximum atomic E-state index is 9.87. The topological polar surface area (TPSA) is 17.6 Å². The van der Waals surface area contributed by atoms with Crippen molar-refractivity contribution in [2.24, 2.45) is 28.2 Å². The fourth-order valence-corrected chi connectivity index (χ4v) is 1.81. The molecule has 170 valence electrons. The van der Waals surface area contributed by atoms with Crippen LogP contribution in [0.4, 0.5) is 50.4 Å². The summed E-state index contributed by atoms with van der Waals surface area (Å²) >= 11 is 0. The van der Waals surface area contributed by atoms with E-state index in [0.717, 1.165) is 0 Å². The summed E-state index contributed by atoms with van der Waals surface area (Å²) < 4.78 is 127. The van der Waals surface area contributed by atoms with Crippen molar-refractivity contribution in [3.8, 4) is 11.6 Å². The number of aromatic nitrogens is 4. The van der Waals surface area contributed by atoms with Crippen LogP contribution in [0.5, 0.6) is 0 Å². The average Bonchev–Trinajstić information content (AvgIpc) is 2.75. The van der Waals surface area contributed by atoms with E-state index in [1.165, 1.54) is 11.6 Å². The van der Waals surface area contributed by atoms with Gasteiger partial charge in [-0.15, -0.1) is 0 Å². The minimum atomic E-state index is -10.7. The Morgan fingerprint density at radius 2 is 0.750 bits per heavy atom. The zero-order valence-corrected chi connectivity index (χ0v) is 16.3. The summed E-state index contributed by atoms with van der Waals surface area (Å²) in [4.78, 5) is 0. The number of halogens is 12. The van der Waals surface area contributed by atoms with Gasteiger partial charge < -0.3 is 0 Å². The second-order valence-corrected chi connectivity index (χ2v) is 9.44. The van der Waals surface area contributed by atoms with E-state index in [2.05, 4.69) is 71.2 Å². The van der Waals surface area contributed by atoms with E-state index >= 15 is 0 Å². The fourth-order valence-electron chi connectivity index (χ4n) is 1.81. The van der Waals surface area contributed by atoms with Crippen LogP contribution in [0.3, 0.4) is 0 Å². The van der Waals surface area contributed by atoms with Gasteiger partial charge in [-0.25, -0.2) is 18.3 Å². The van der Waals surface area contributed by atoms with Crippen LogP contribution in [0.2, 0.25) is 0 Å². The van der Waals surface area contributed by atoms with Crippen LogP contribution in [-0.2, 0) is 28.2 Å². The van der Waals surface area contributed by atoms with E-state index in [9.17, 15) is 50.4 Å². The monoisotopic (exact) mass is 482 g/mol. The van der Waals surface area contributed by atoms with Crippen molar-refractivity contribution in [1.82, 2.24) is 9.13 Å². The zero-order chi connectivity index (χ0) is 23.1. The molecule has 28 heavy (non-hydrogen) atoms. The SMILES string of the molecule is Cn1cc[n+](C)c1-c1n(C)cc[n+]1C.F[P-](F)(F)(F)(F)F.F[P-](F)(F)(F)(F)F. The number of nitrogens with zero attached hydrogens (tertiary/aromatic N) is 4. The Morgan fingerprint density at radius 3 is 0.857 bits per heavy atom. The van der Waals surface area contributed by atoms with Crippen molar-refractivity contribution in [3.63, 3.8) is 0 Å². The van der Waals surface area contributed by atoms with Crippen molar-refractivity contribution in [2.45, 2.75) is 0 Å². The van der Waals surface area contributed by atoms with E-state index in [4.69, 9.17) is 0 Å². The van der Waals surface area contributed by atoms with Crippen LogP contribution in [0.15, 0.2) is 24.8 Å². The van der Waals surface area contributed by atoms with Gasteiger partial charge in [-0.1, -0.05) is 0 Å². The zero-order valence-electron chi connectivity index (χ0n) is 14.5. The molecule has 0 aromatic carbocycles. The van der Waals surface area contributed by atoms with Gasteiger partial charge in [0.05, 0.1) is 28.2 Å². The molecule has 2 aromatic heterocycles. The van der Waals surface area contributed by atoms with Crippen molar-refractivity contribution in [2.75, 3.05) is 0 Å². The summed E-state index contributed by atoms with van der Waals surface area (Å²) in [6, 6.07) is 0. The van der Waals surface area contributed by atoms with Gasteiger partial charge in [0.2, 0.25) is 0 Å². The molecule has 0 unspecified atom stereocenters. The predicted molar refractivity (Wildman–Crippen MR) is 79.3 cm³/mol. The third-order valence-electron chi connectivity index (χ3n) is 2.56. The molecule has 0 fully saturated rings. The van der Waals surface area contributed by atoms with Crippen molar-refractivity contribution in [3.05, 3.63) is 24.8 Å². The van der Waals surface area contributed by atoms with Gasteiger partial charge >= 0.3 is 77.6 Å². The molecule has 0 saturated carbocycles. The number of rotatable bonds is 1. The molecule has 2 rings (SSSR count). The molecular weight excluding hydrogens is 466 g/mol.